The second-order valence-corrected chi connectivity index (χ2v) is 7.84. The van der Waals surface area contributed by atoms with Gasteiger partial charge in [-0.05, 0) is 55.0 Å². The van der Waals surface area contributed by atoms with Crippen molar-refractivity contribution >= 4 is 21.4 Å². The summed E-state index contributed by atoms with van der Waals surface area (Å²) in [7, 11) is -3.83. The molecule has 0 saturated heterocycles. The van der Waals surface area contributed by atoms with Crippen LogP contribution in [0.4, 0.5) is 10.1 Å². The number of sulfonamides is 1. The number of halogens is 1. The van der Waals surface area contributed by atoms with Crippen LogP contribution in [0, 0.1) is 12.7 Å². The summed E-state index contributed by atoms with van der Waals surface area (Å²) in [4.78, 5) is 4.59. The zero-order chi connectivity index (χ0) is 19.0. The molecule has 0 aliphatic rings. The topological polar surface area (TPSA) is 63.5 Å². The summed E-state index contributed by atoms with van der Waals surface area (Å²) in [5, 5.41) is 0. The molecule has 5 nitrogen and oxygen atoms in total. The number of anilines is 1. The van der Waals surface area contributed by atoms with Crippen molar-refractivity contribution in [3.05, 3.63) is 84.4 Å². The summed E-state index contributed by atoms with van der Waals surface area (Å²) in [6.45, 7) is 1.56. The quantitative estimate of drug-likeness (QED) is 0.575. The monoisotopic (exact) mass is 381 g/mol. The van der Waals surface area contributed by atoms with E-state index in [2.05, 4.69) is 9.71 Å². The molecule has 2 aromatic carbocycles. The predicted molar refractivity (Wildman–Crippen MR) is 103 cm³/mol. The molecule has 0 bridgehead atoms. The van der Waals surface area contributed by atoms with Crippen LogP contribution in [0.2, 0.25) is 0 Å². The number of rotatable bonds is 4. The minimum absolute atomic E-state index is 0.0435. The van der Waals surface area contributed by atoms with Gasteiger partial charge in [-0.3, -0.25) is 4.72 Å². The number of nitrogens with one attached hydrogen (secondary N) is 1. The van der Waals surface area contributed by atoms with Crippen LogP contribution in [0.3, 0.4) is 0 Å². The minimum Gasteiger partial charge on any atom is -0.306 e. The number of fused-ring (bicyclic) bond motifs is 1. The number of aryl methyl sites for hydroxylation is 1. The average molecular weight is 381 g/mol. The van der Waals surface area contributed by atoms with Crippen LogP contribution < -0.4 is 4.72 Å². The van der Waals surface area contributed by atoms with Gasteiger partial charge in [-0.25, -0.2) is 17.8 Å². The predicted octanol–water partition coefficient (Wildman–Crippen LogP) is 4.25. The fraction of sp³-hybridized carbons (Fsp3) is 0.0500. The van der Waals surface area contributed by atoms with Crippen molar-refractivity contribution in [1.29, 1.82) is 0 Å². The Kier molecular flexibility index (Phi) is 4.16. The molecule has 0 aliphatic carbocycles. The third-order valence-electron chi connectivity index (χ3n) is 4.20. The second kappa shape index (κ2) is 6.51. The molecule has 2 heterocycles. The molecule has 0 amide bonds. The van der Waals surface area contributed by atoms with E-state index < -0.39 is 15.8 Å². The minimum atomic E-state index is -3.83. The van der Waals surface area contributed by atoms with Crippen LogP contribution in [0.1, 0.15) is 5.56 Å². The van der Waals surface area contributed by atoms with Crippen molar-refractivity contribution < 1.29 is 12.8 Å². The maximum Gasteiger partial charge on any atom is 0.262 e. The van der Waals surface area contributed by atoms with Gasteiger partial charge in [0.15, 0.2) is 0 Å². The summed E-state index contributed by atoms with van der Waals surface area (Å²) < 4.78 is 43.1. The van der Waals surface area contributed by atoms with Crippen LogP contribution in [0.5, 0.6) is 0 Å². The first-order valence-electron chi connectivity index (χ1n) is 8.25. The van der Waals surface area contributed by atoms with Crippen LogP contribution in [-0.4, -0.2) is 17.8 Å². The maximum absolute atomic E-state index is 13.3. The van der Waals surface area contributed by atoms with E-state index in [9.17, 15) is 12.8 Å². The number of hydrogen-bond acceptors (Lipinski definition) is 3. The van der Waals surface area contributed by atoms with Crippen LogP contribution in [0.15, 0.2) is 78.0 Å². The molecule has 0 radical (unpaired) electrons. The molecule has 4 rings (SSSR count). The van der Waals surface area contributed by atoms with E-state index in [1.54, 1.807) is 25.1 Å². The molecular formula is C20H16FN3O2S. The summed E-state index contributed by atoms with van der Waals surface area (Å²) in [6.07, 6.45) is 3.78. The highest BCUT2D eigenvalue weighted by atomic mass is 32.2. The highest BCUT2D eigenvalue weighted by molar-refractivity contribution is 7.92. The molecule has 136 valence electrons. The highest BCUT2D eigenvalue weighted by Gasteiger charge is 2.17. The van der Waals surface area contributed by atoms with Gasteiger partial charge in [0, 0.05) is 23.6 Å². The van der Waals surface area contributed by atoms with Crippen LogP contribution in [0.25, 0.3) is 16.9 Å². The Bertz CT molecular complexity index is 1220. The molecule has 0 spiro atoms. The summed E-state index contributed by atoms with van der Waals surface area (Å²) in [6, 6.07) is 16.3. The van der Waals surface area contributed by atoms with Gasteiger partial charge in [-0.1, -0.05) is 18.2 Å². The summed E-state index contributed by atoms with van der Waals surface area (Å²) in [5.41, 5.74) is 3.09. The molecule has 0 aliphatic heterocycles. The third kappa shape index (κ3) is 3.41. The molecule has 0 unspecified atom stereocenters. The molecular weight excluding hydrogens is 365 g/mol. The first-order valence-corrected chi connectivity index (χ1v) is 9.74. The smallest absolute Gasteiger partial charge is 0.262 e. The lowest BCUT2D eigenvalue weighted by atomic mass is 10.1. The SMILES string of the molecule is Cc1cc(F)ccc1S(=O)(=O)Nc1cccc(-c2cn3ccccc3n2)c1. The van der Waals surface area contributed by atoms with Crippen molar-refractivity contribution in [1.82, 2.24) is 9.38 Å². The Morgan fingerprint density at radius 2 is 1.89 bits per heavy atom. The van der Waals surface area contributed by atoms with Crippen LogP contribution in [-0.2, 0) is 10.0 Å². The lowest BCUT2D eigenvalue weighted by Crippen LogP contribution is -2.14. The zero-order valence-electron chi connectivity index (χ0n) is 14.4. The van der Waals surface area contributed by atoms with E-state index in [0.29, 0.717) is 11.3 Å². The Morgan fingerprint density at radius 3 is 2.67 bits per heavy atom. The van der Waals surface area contributed by atoms with Gasteiger partial charge in [0.25, 0.3) is 10.0 Å². The normalized spacial score (nSPS) is 11.6. The largest absolute Gasteiger partial charge is 0.306 e. The Morgan fingerprint density at radius 1 is 1.04 bits per heavy atom. The van der Waals surface area contributed by atoms with E-state index in [-0.39, 0.29) is 4.90 Å². The van der Waals surface area contributed by atoms with Gasteiger partial charge < -0.3 is 4.40 Å². The third-order valence-corrected chi connectivity index (χ3v) is 5.74. The molecule has 2 aromatic heterocycles. The van der Waals surface area contributed by atoms with E-state index in [1.165, 1.54) is 12.1 Å². The van der Waals surface area contributed by atoms with E-state index in [0.717, 1.165) is 23.0 Å². The van der Waals surface area contributed by atoms with Crippen molar-refractivity contribution in [3.8, 4) is 11.3 Å². The zero-order valence-corrected chi connectivity index (χ0v) is 15.2. The van der Waals surface area contributed by atoms with Gasteiger partial charge in [-0.2, -0.15) is 0 Å². The number of aromatic nitrogens is 2. The molecule has 0 saturated carbocycles. The average Bonchev–Trinajstić information content (AvgIpc) is 3.05. The number of pyridine rings is 1. The van der Waals surface area contributed by atoms with Crippen molar-refractivity contribution in [2.24, 2.45) is 0 Å². The van der Waals surface area contributed by atoms with Gasteiger partial charge in [-0.15, -0.1) is 0 Å². The fourth-order valence-electron chi connectivity index (χ4n) is 2.94. The molecule has 4 aromatic rings. The highest BCUT2D eigenvalue weighted by Crippen LogP contribution is 2.25. The van der Waals surface area contributed by atoms with Crippen molar-refractivity contribution in [3.63, 3.8) is 0 Å². The lowest BCUT2D eigenvalue weighted by molar-refractivity contribution is 0.598. The standard InChI is InChI=1S/C20H16FN3O2S/c1-14-11-16(21)8-9-19(14)27(25,26)23-17-6-4-5-15(12-17)18-13-24-10-3-2-7-20(24)22-18/h2-13,23H,1H3. The molecule has 27 heavy (non-hydrogen) atoms. The van der Waals surface area contributed by atoms with Gasteiger partial charge >= 0.3 is 0 Å². The fourth-order valence-corrected chi connectivity index (χ4v) is 4.22. The molecule has 0 fully saturated rings. The summed E-state index contributed by atoms with van der Waals surface area (Å²) >= 11 is 0. The van der Waals surface area contributed by atoms with Gasteiger partial charge in [0.2, 0.25) is 0 Å². The summed E-state index contributed by atoms with van der Waals surface area (Å²) in [5.74, 6) is -0.472. The van der Waals surface area contributed by atoms with Crippen molar-refractivity contribution in [2.75, 3.05) is 4.72 Å². The second-order valence-electron chi connectivity index (χ2n) is 6.19. The molecule has 1 N–H and O–H groups in total. The van der Waals surface area contributed by atoms with Crippen LogP contribution >= 0.6 is 0 Å². The number of benzene rings is 2. The van der Waals surface area contributed by atoms with Gasteiger partial charge in [0.05, 0.1) is 10.6 Å². The Labute approximate surface area is 156 Å². The van der Waals surface area contributed by atoms with Crippen molar-refractivity contribution in [2.45, 2.75) is 11.8 Å². The first kappa shape index (κ1) is 17.2. The first-order chi connectivity index (χ1) is 12.9. The van der Waals surface area contributed by atoms with E-state index >= 15 is 0 Å². The number of imidazole rings is 1. The molecule has 7 heteroatoms. The van der Waals surface area contributed by atoms with Gasteiger partial charge in [0.1, 0.15) is 11.5 Å². The number of nitrogens with zero attached hydrogens (tertiary/aromatic N) is 2. The van der Waals surface area contributed by atoms with E-state index in [1.807, 2.05) is 41.1 Å². The maximum atomic E-state index is 13.3. The Balaban J connectivity index is 1.68. The van der Waals surface area contributed by atoms with E-state index in [4.69, 9.17) is 0 Å². The molecule has 0 atom stereocenters. The lowest BCUT2D eigenvalue weighted by Gasteiger charge is -2.11. The number of hydrogen-bond donors (Lipinski definition) is 1. The Hall–Kier alpha value is -3.19.